The Hall–Kier alpha value is -2.74. The number of benzene rings is 2. The van der Waals surface area contributed by atoms with Crippen LogP contribution in [0.3, 0.4) is 0 Å². The molecule has 0 bridgehead atoms. The first-order valence-electron chi connectivity index (χ1n) is 9.38. The van der Waals surface area contributed by atoms with Crippen LogP contribution in [-0.2, 0) is 14.8 Å². The van der Waals surface area contributed by atoms with Crippen molar-refractivity contribution >= 4 is 21.6 Å². The molecule has 1 aliphatic heterocycles. The summed E-state index contributed by atoms with van der Waals surface area (Å²) in [6.45, 7) is 6.42. The molecule has 0 aliphatic carbocycles. The van der Waals surface area contributed by atoms with Crippen LogP contribution in [0, 0.1) is 20.8 Å². The molecular weight excluding hydrogens is 392 g/mol. The molecule has 0 saturated carbocycles. The first kappa shape index (κ1) is 21.0. The Morgan fingerprint density at radius 1 is 1.17 bits per heavy atom. The predicted molar refractivity (Wildman–Crippen MR) is 112 cm³/mol. The number of rotatable bonds is 6. The second-order valence-electron chi connectivity index (χ2n) is 7.26. The van der Waals surface area contributed by atoms with Gasteiger partial charge in [-0.05, 0) is 61.7 Å². The zero-order chi connectivity index (χ0) is 21.2. The minimum Gasteiger partial charge on any atom is -0.492 e. The van der Waals surface area contributed by atoms with Crippen LogP contribution in [-0.4, -0.2) is 46.4 Å². The van der Waals surface area contributed by atoms with Crippen molar-refractivity contribution in [2.45, 2.75) is 26.9 Å². The fraction of sp³-hybridized carbons (Fsp3) is 0.381. The van der Waals surface area contributed by atoms with E-state index in [1.807, 2.05) is 45.0 Å². The molecule has 0 saturated heterocycles. The van der Waals surface area contributed by atoms with Crippen molar-refractivity contribution in [1.82, 2.24) is 5.32 Å². The van der Waals surface area contributed by atoms with E-state index >= 15 is 0 Å². The number of amides is 1. The molecule has 29 heavy (non-hydrogen) atoms. The molecule has 1 amide bonds. The van der Waals surface area contributed by atoms with Gasteiger partial charge in [-0.1, -0.05) is 12.1 Å². The Morgan fingerprint density at radius 3 is 2.62 bits per heavy atom. The lowest BCUT2D eigenvalue weighted by molar-refractivity contribution is -0.127. The number of carbonyl (C=O) groups is 1. The molecule has 1 heterocycles. The van der Waals surface area contributed by atoms with E-state index in [4.69, 9.17) is 9.47 Å². The number of carbonyl (C=O) groups excluding carboxylic acids is 1. The number of nitrogens with one attached hydrogen (secondary N) is 1. The fourth-order valence-electron chi connectivity index (χ4n) is 3.07. The summed E-state index contributed by atoms with van der Waals surface area (Å²) in [7, 11) is -3.54. The molecule has 1 atom stereocenters. The predicted octanol–water partition coefficient (Wildman–Crippen LogP) is 2.33. The van der Waals surface area contributed by atoms with Gasteiger partial charge in [0.15, 0.2) is 6.10 Å². The lowest BCUT2D eigenvalue weighted by Crippen LogP contribution is -2.51. The highest BCUT2D eigenvalue weighted by Gasteiger charge is 2.34. The summed E-state index contributed by atoms with van der Waals surface area (Å²) in [5, 5.41) is 2.75. The van der Waals surface area contributed by atoms with Gasteiger partial charge >= 0.3 is 0 Å². The Kier molecular flexibility index (Phi) is 6.02. The highest BCUT2D eigenvalue weighted by atomic mass is 32.2. The number of hydrogen-bond donors (Lipinski definition) is 1. The minimum absolute atomic E-state index is 0.0703. The monoisotopic (exact) mass is 418 g/mol. The molecule has 7 nitrogen and oxygen atoms in total. The van der Waals surface area contributed by atoms with E-state index in [1.165, 1.54) is 9.87 Å². The van der Waals surface area contributed by atoms with E-state index in [1.54, 1.807) is 12.1 Å². The molecule has 0 fully saturated rings. The highest BCUT2D eigenvalue weighted by Crippen LogP contribution is 2.35. The number of aryl methyl sites for hydroxylation is 3. The van der Waals surface area contributed by atoms with Gasteiger partial charge in [-0.25, -0.2) is 8.42 Å². The third-order valence-corrected chi connectivity index (χ3v) is 5.97. The van der Waals surface area contributed by atoms with Gasteiger partial charge in [-0.15, -0.1) is 0 Å². The minimum atomic E-state index is -3.54. The third kappa shape index (κ3) is 5.00. The summed E-state index contributed by atoms with van der Waals surface area (Å²) in [6, 6.07) is 11.1. The summed E-state index contributed by atoms with van der Waals surface area (Å²) < 4.78 is 37.1. The number of hydrogen-bond acceptors (Lipinski definition) is 5. The molecule has 8 heteroatoms. The van der Waals surface area contributed by atoms with Crippen LogP contribution in [0.25, 0.3) is 0 Å². The second-order valence-corrected chi connectivity index (χ2v) is 9.16. The maximum Gasteiger partial charge on any atom is 0.263 e. The molecule has 2 aromatic rings. The van der Waals surface area contributed by atoms with Gasteiger partial charge in [-0.2, -0.15) is 0 Å². The highest BCUT2D eigenvalue weighted by molar-refractivity contribution is 7.92. The summed E-state index contributed by atoms with van der Waals surface area (Å²) in [6.07, 6.45) is 0.193. The summed E-state index contributed by atoms with van der Waals surface area (Å²) in [5.74, 6) is 0.733. The Morgan fingerprint density at radius 2 is 1.93 bits per heavy atom. The number of sulfonamides is 1. The Labute approximate surface area is 171 Å². The van der Waals surface area contributed by atoms with Crippen LogP contribution in [0.5, 0.6) is 11.5 Å². The van der Waals surface area contributed by atoms with Crippen LogP contribution in [0.15, 0.2) is 36.4 Å². The van der Waals surface area contributed by atoms with Crippen molar-refractivity contribution in [3.8, 4) is 11.5 Å². The van der Waals surface area contributed by atoms with E-state index in [0.29, 0.717) is 18.0 Å². The topological polar surface area (TPSA) is 84.9 Å². The SMILES string of the molecule is Cc1ccc2c(c1)N(S(C)(=O)=O)C[C@@H](C(=O)NCCOc1ccc(C)c(C)c1)O2. The normalized spacial score (nSPS) is 16.0. The maximum absolute atomic E-state index is 12.5. The molecular formula is C21H26N2O5S. The fourth-order valence-corrected chi connectivity index (χ4v) is 3.98. The van der Waals surface area contributed by atoms with E-state index in [9.17, 15) is 13.2 Å². The second kappa shape index (κ2) is 8.32. The summed E-state index contributed by atoms with van der Waals surface area (Å²) in [5.41, 5.74) is 3.69. The van der Waals surface area contributed by atoms with E-state index < -0.39 is 16.1 Å². The molecule has 0 aromatic heterocycles. The van der Waals surface area contributed by atoms with Crippen molar-refractivity contribution in [2.75, 3.05) is 30.3 Å². The van der Waals surface area contributed by atoms with Crippen LogP contribution in [0.2, 0.25) is 0 Å². The molecule has 0 unspecified atom stereocenters. The van der Waals surface area contributed by atoms with Crippen molar-refractivity contribution < 1.29 is 22.7 Å². The van der Waals surface area contributed by atoms with Gasteiger partial charge in [-0.3, -0.25) is 9.10 Å². The third-order valence-electron chi connectivity index (χ3n) is 4.83. The van der Waals surface area contributed by atoms with Gasteiger partial charge in [0, 0.05) is 0 Å². The summed E-state index contributed by atoms with van der Waals surface area (Å²) >= 11 is 0. The average Bonchev–Trinajstić information content (AvgIpc) is 2.66. The van der Waals surface area contributed by atoms with E-state index in [-0.39, 0.29) is 19.0 Å². The smallest absolute Gasteiger partial charge is 0.263 e. The van der Waals surface area contributed by atoms with Crippen LogP contribution >= 0.6 is 0 Å². The molecule has 1 N–H and O–H groups in total. The van der Waals surface area contributed by atoms with Crippen molar-refractivity contribution in [3.63, 3.8) is 0 Å². The molecule has 2 aromatic carbocycles. The quantitative estimate of drug-likeness (QED) is 0.728. The standard InChI is InChI=1S/C21H26N2O5S/c1-14-5-8-19-18(11-14)23(29(4,25)26)13-20(28-19)21(24)22-9-10-27-17-7-6-15(2)16(3)12-17/h5-8,11-12,20H,9-10,13H2,1-4H3,(H,22,24)/t20-/m0/s1. The number of anilines is 1. The zero-order valence-corrected chi connectivity index (χ0v) is 17.9. The molecule has 0 spiro atoms. The van der Waals surface area contributed by atoms with Crippen molar-refractivity contribution in [1.29, 1.82) is 0 Å². The summed E-state index contributed by atoms with van der Waals surface area (Å²) in [4.78, 5) is 12.5. The number of nitrogens with zero attached hydrogens (tertiary/aromatic N) is 1. The van der Waals surface area contributed by atoms with Crippen molar-refractivity contribution in [2.24, 2.45) is 0 Å². The largest absolute Gasteiger partial charge is 0.492 e. The van der Waals surface area contributed by atoms with Gasteiger partial charge < -0.3 is 14.8 Å². The average molecular weight is 419 g/mol. The number of ether oxygens (including phenoxy) is 2. The maximum atomic E-state index is 12.5. The lowest BCUT2D eigenvalue weighted by atomic mass is 10.1. The number of fused-ring (bicyclic) bond motifs is 1. The van der Waals surface area contributed by atoms with Gasteiger partial charge in [0.25, 0.3) is 5.91 Å². The first-order chi connectivity index (χ1) is 13.6. The molecule has 156 valence electrons. The van der Waals surface area contributed by atoms with Crippen molar-refractivity contribution in [3.05, 3.63) is 53.1 Å². The van der Waals surface area contributed by atoms with Gasteiger partial charge in [0.2, 0.25) is 10.0 Å². The first-order valence-corrected chi connectivity index (χ1v) is 11.2. The molecule has 1 aliphatic rings. The Balaban J connectivity index is 1.60. The molecule has 3 rings (SSSR count). The zero-order valence-electron chi connectivity index (χ0n) is 17.1. The van der Waals surface area contributed by atoms with E-state index in [0.717, 1.165) is 23.1 Å². The Bertz CT molecular complexity index is 1020. The van der Waals surface area contributed by atoms with E-state index in [2.05, 4.69) is 5.32 Å². The van der Waals surface area contributed by atoms with Gasteiger partial charge in [0.05, 0.1) is 25.0 Å². The van der Waals surface area contributed by atoms with Crippen LogP contribution in [0.4, 0.5) is 5.69 Å². The van der Waals surface area contributed by atoms with Crippen LogP contribution in [0.1, 0.15) is 16.7 Å². The lowest BCUT2D eigenvalue weighted by Gasteiger charge is -2.34. The molecule has 0 radical (unpaired) electrons. The van der Waals surface area contributed by atoms with Gasteiger partial charge in [0.1, 0.15) is 18.1 Å². The van der Waals surface area contributed by atoms with Crippen LogP contribution < -0.4 is 19.1 Å².